The zero-order valence-corrected chi connectivity index (χ0v) is 38.9. The first-order chi connectivity index (χ1) is 23.5. The fraction of sp³-hybridized carbons (Fsp3) is 0.429. The number of aromatic nitrogens is 4. The van der Waals surface area contributed by atoms with Crippen LogP contribution in [0.2, 0.25) is 33.2 Å². The first-order valence-corrected chi connectivity index (χ1v) is 24.0. The largest absolute Gasteiger partial charge is 2.00 e. The molecule has 4 nitrogen and oxygen atoms in total. The van der Waals surface area contributed by atoms with Gasteiger partial charge in [0, 0.05) is 20.1 Å². The molecular formula is C42H50Br2MgN4Si2. The van der Waals surface area contributed by atoms with Crippen molar-refractivity contribution in [1.29, 1.82) is 0 Å². The Hall–Kier alpha value is -2.12. The van der Waals surface area contributed by atoms with Crippen molar-refractivity contribution < 1.29 is 0 Å². The first kappa shape index (κ1) is 41.6. The van der Waals surface area contributed by atoms with Crippen LogP contribution in [0, 0.1) is 22.9 Å². The summed E-state index contributed by atoms with van der Waals surface area (Å²) in [6, 6.07) is 8.20. The quantitative estimate of drug-likeness (QED) is 0.126. The molecule has 8 bridgehead atoms. The smallest absolute Gasteiger partial charge is 0.656 e. The van der Waals surface area contributed by atoms with E-state index in [0.29, 0.717) is 33.2 Å². The molecule has 51 heavy (non-hydrogen) atoms. The van der Waals surface area contributed by atoms with E-state index in [1.165, 1.54) is 0 Å². The molecule has 0 aliphatic carbocycles. The molecule has 3 aromatic heterocycles. The van der Waals surface area contributed by atoms with Crippen LogP contribution in [0.4, 0.5) is 0 Å². The van der Waals surface area contributed by atoms with Gasteiger partial charge in [-0.3, -0.25) is 0 Å². The Kier molecular flexibility index (Phi) is 13.5. The van der Waals surface area contributed by atoms with E-state index in [1.807, 2.05) is 24.3 Å². The molecular weight excluding hydrogens is 801 g/mol. The van der Waals surface area contributed by atoms with Crippen LogP contribution >= 0.6 is 31.9 Å². The summed E-state index contributed by atoms with van der Waals surface area (Å²) >= 11 is 7.64. The van der Waals surface area contributed by atoms with Crippen molar-refractivity contribution in [2.24, 2.45) is 0 Å². The van der Waals surface area contributed by atoms with Crippen molar-refractivity contribution in [3.8, 4) is 22.9 Å². The third-order valence-electron chi connectivity index (χ3n) is 11.0. The van der Waals surface area contributed by atoms with Gasteiger partial charge in [-0.15, -0.1) is 33.2 Å². The van der Waals surface area contributed by atoms with Crippen molar-refractivity contribution in [1.82, 2.24) is 19.9 Å². The van der Waals surface area contributed by atoms with Crippen LogP contribution in [0.15, 0.2) is 33.2 Å². The normalized spacial score (nSPS) is 12.9. The molecule has 5 rings (SSSR count). The number of nitrogens with zero attached hydrogens (tertiary/aromatic N) is 4. The third-order valence-corrected chi connectivity index (χ3v) is 25.2. The molecule has 2 aliphatic heterocycles. The molecule has 5 heterocycles. The second-order valence-electron chi connectivity index (χ2n) is 15.5. The first-order valence-electron chi connectivity index (χ1n) is 18.0. The fourth-order valence-corrected chi connectivity index (χ4v) is 19.8. The Labute approximate surface area is 341 Å². The summed E-state index contributed by atoms with van der Waals surface area (Å²) in [4.78, 5) is 20.5. The summed E-state index contributed by atoms with van der Waals surface area (Å²) in [5.74, 6) is 7.47. The number of hydrogen-bond acceptors (Lipinski definition) is 2. The van der Waals surface area contributed by atoms with Gasteiger partial charge < -0.3 is 9.97 Å². The monoisotopic (exact) mass is 848 g/mol. The second-order valence-corrected chi connectivity index (χ2v) is 28.3. The van der Waals surface area contributed by atoms with Crippen molar-refractivity contribution >= 4 is 117 Å². The Morgan fingerprint density at radius 2 is 0.745 bits per heavy atom. The van der Waals surface area contributed by atoms with Crippen LogP contribution in [0.5, 0.6) is 0 Å². The van der Waals surface area contributed by atoms with E-state index in [4.69, 9.17) is 19.9 Å². The summed E-state index contributed by atoms with van der Waals surface area (Å²) in [5.41, 5.74) is 19.1. The Morgan fingerprint density at radius 1 is 0.471 bits per heavy atom. The minimum absolute atomic E-state index is 0. The molecule has 3 aromatic rings. The number of hydrogen-bond donors (Lipinski definition) is 0. The standard InChI is InChI=1S/C42H50Br2N4Si2.Mg/c1-25(2)49(26(3)4,27(5)6)23-21-31-33-13-14-34(45-33)32(22-24-50(28(7)8,29(9)10)30(11)12)36-16-18-38(47-36)42(44)40-20-19-39(48-40)41(43)37-17-15-35(31)46-37;/h13-20,25-30H,1-12H3;/q-2;+2. The molecule has 0 fully saturated rings. The van der Waals surface area contributed by atoms with Gasteiger partial charge in [-0.2, -0.15) is 0 Å². The summed E-state index contributed by atoms with van der Waals surface area (Å²) < 4.78 is 1.66. The van der Waals surface area contributed by atoms with Crippen molar-refractivity contribution in [2.45, 2.75) is 116 Å². The number of rotatable bonds is 6. The molecule has 2 aliphatic rings. The molecule has 0 saturated heterocycles. The number of halogens is 2. The van der Waals surface area contributed by atoms with Crippen LogP contribution in [-0.2, 0) is 0 Å². The molecule has 0 saturated carbocycles. The summed E-state index contributed by atoms with van der Waals surface area (Å²) in [7, 11) is -4.10. The molecule has 0 unspecified atom stereocenters. The Balaban J connectivity index is 0.00000583. The van der Waals surface area contributed by atoms with E-state index >= 15 is 0 Å². The van der Waals surface area contributed by atoms with E-state index in [1.54, 1.807) is 0 Å². The van der Waals surface area contributed by atoms with Gasteiger partial charge in [0.25, 0.3) is 0 Å². The van der Waals surface area contributed by atoms with Gasteiger partial charge in [-0.25, -0.2) is 9.97 Å². The zero-order valence-electron chi connectivity index (χ0n) is 32.3. The molecule has 9 heteroatoms. The number of fused-ring (bicyclic) bond motifs is 8. The molecule has 0 aromatic carbocycles. The minimum atomic E-state index is -2.05. The van der Waals surface area contributed by atoms with Gasteiger partial charge in [0.2, 0.25) is 0 Å². The fourth-order valence-electron chi connectivity index (χ4n) is 8.48. The summed E-state index contributed by atoms with van der Waals surface area (Å²) in [6.07, 6.45) is 8.20. The minimum Gasteiger partial charge on any atom is -0.656 e. The van der Waals surface area contributed by atoms with Gasteiger partial charge in [0.1, 0.15) is 16.1 Å². The van der Waals surface area contributed by atoms with Gasteiger partial charge in [-0.05, 0) is 89.4 Å². The van der Waals surface area contributed by atoms with E-state index in [-0.39, 0.29) is 23.1 Å². The van der Waals surface area contributed by atoms with E-state index in [0.717, 1.165) is 64.9 Å². The topological polar surface area (TPSA) is 54.0 Å². The van der Waals surface area contributed by atoms with Gasteiger partial charge in [0.15, 0.2) is 0 Å². The van der Waals surface area contributed by atoms with Gasteiger partial charge in [0.05, 0.1) is 22.8 Å². The molecule has 0 radical (unpaired) electrons. The predicted octanol–water partition coefficient (Wildman–Crippen LogP) is 12.2. The molecule has 0 amide bonds. The Bertz CT molecular complexity index is 1960. The average molecular weight is 851 g/mol. The van der Waals surface area contributed by atoms with Crippen LogP contribution in [0.3, 0.4) is 0 Å². The van der Waals surface area contributed by atoms with E-state index in [2.05, 4.69) is 162 Å². The van der Waals surface area contributed by atoms with Crippen LogP contribution in [-0.4, -0.2) is 49.2 Å². The maximum Gasteiger partial charge on any atom is 2.00 e. The SMILES string of the molecule is CC(C)[Si](C#Cc1c2nc(c(C#C[Si](C(C)C)(C(C)C)C(C)C)c3ccc([n-]3)c(Br)c3nc(c(Br)c4ccc1[n-]4)C=C3)C=C2)(C(C)C)C(C)C.[Mg+2]. The van der Waals surface area contributed by atoms with Crippen LogP contribution in [0.1, 0.15) is 117 Å². The maximum atomic E-state index is 5.31. The van der Waals surface area contributed by atoms with Crippen LogP contribution < -0.4 is 9.97 Å². The Morgan fingerprint density at radius 3 is 1.06 bits per heavy atom. The van der Waals surface area contributed by atoms with Crippen molar-refractivity contribution in [3.05, 3.63) is 67.1 Å². The molecule has 0 spiro atoms. The average Bonchev–Trinajstić information content (AvgIpc) is 3.87. The molecule has 0 atom stereocenters. The van der Waals surface area contributed by atoms with E-state index in [9.17, 15) is 0 Å². The second kappa shape index (κ2) is 16.5. The predicted molar refractivity (Wildman–Crippen MR) is 234 cm³/mol. The molecule has 262 valence electrons. The van der Waals surface area contributed by atoms with Crippen LogP contribution in [0.25, 0.3) is 46.4 Å². The molecule has 0 N–H and O–H groups in total. The summed E-state index contributed by atoms with van der Waals surface area (Å²) in [6.45, 7) is 28.2. The third kappa shape index (κ3) is 7.77. The van der Waals surface area contributed by atoms with Gasteiger partial charge >= 0.3 is 23.1 Å². The van der Waals surface area contributed by atoms with Gasteiger partial charge in [-0.1, -0.05) is 119 Å². The zero-order chi connectivity index (χ0) is 36.7. The van der Waals surface area contributed by atoms with Crippen molar-refractivity contribution in [3.63, 3.8) is 0 Å². The van der Waals surface area contributed by atoms with Crippen molar-refractivity contribution in [2.75, 3.05) is 0 Å². The van der Waals surface area contributed by atoms with E-state index < -0.39 is 16.1 Å². The summed E-state index contributed by atoms with van der Waals surface area (Å²) in [5, 5.41) is 0. The maximum absolute atomic E-state index is 5.31.